The minimum absolute atomic E-state index is 0.00492. The molecular formula is C13H19N3O. The summed E-state index contributed by atoms with van der Waals surface area (Å²) in [6.45, 7) is 8.36. The van der Waals surface area contributed by atoms with Crippen molar-refractivity contribution in [2.24, 2.45) is 11.1 Å². The van der Waals surface area contributed by atoms with E-state index in [1.165, 1.54) is 0 Å². The zero-order valence-corrected chi connectivity index (χ0v) is 10.7. The summed E-state index contributed by atoms with van der Waals surface area (Å²) in [4.78, 5) is 16.8. The topological polar surface area (TPSA) is 74.7 Å². The van der Waals surface area contributed by atoms with E-state index in [4.69, 9.17) is 5.73 Å². The van der Waals surface area contributed by atoms with Gasteiger partial charge >= 0.3 is 5.69 Å². The van der Waals surface area contributed by atoms with Gasteiger partial charge in [-0.05, 0) is 35.6 Å². The van der Waals surface area contributed by atoms with Crippen LogP contribution in [-0.4, -0.2) is 9.97 Å². The van der Waals surface area contributed by atoms with E-state index in [9.17, 15) is 4.79 Å². The molecule has 0 saturated heterocycles. The van der Waals surface area contributed by atoms with Gasteiger partial charge in [-0.3, -0.25) is 0 Å². The molecule has 0 aliphatic rings. The number of aromatic nitrogens is 2. The maximum absolute atomic E-state index is 11.2. The zero-order valence-electron chi connectivity index (χ0n) is 10.7. The van der Waals surface area contributed by atoms with Crippen LogP contribution in [0.15, 0.2) is 16.9 Å². The molecule has 1 heterocycles. The van der Waals surface area contributed by atoms with Gasteiger partial charge in [-0.2, -0.15) is 0 Å². The van der Waals surface area contributed by atoms with Crippen molar-refractivity contribution in [1.29, 1.82) is 0 Å². The Morgan fingerprint density at radius 1 is 1.18 bits per heavy atom. The van der Waals surface area contributed by atoms with Crippen LogP contribution >= 0.6 is 0 Å². The lowest BCUT2D eigenvalue weighted by molar-refractivity contribution is 0.326. The standard InChI is InChI=1S/C13H19N3O/c1-7-5-9-10(16-12(17)15-9)6-8(7)11(14)13(2,3)4/h5-6,11H,14H2,1-4H3,(H2,15,16,17). The van der Waals surface area contributed by atoms with Crippen LogP contribution in [0.25, 0.3) is 11.0 Å². The molecule has 2 rings (SSSR count). The second-order valence-corrected chi connectivity index (χ2v) is 5.68. The van der Waals surface area contributed by atoms with Crippen molar-refractivity contribution in [3.05, 3.63) is 33.7 Å². The number of nitrogens with two attached hydrogens (primary N) is 1. The van der Waals surface area contributed by atoms with Crippen molar-refractivity contribution in [3.8, 4) is 0 Å². The lowest BCUT2D eigenvalue weighted by Gasteiger charge is -2.28. The molecule has 92 valence electrons. The molecule has 0 aliphatic heterocycles. The molecule has 4 N–H and O–H groups in total. The number of imidazole rings is 1. The SMILES string of the molecule is Cc1cc2[nH]c(=O)[nH]c2cc1C(N)C(C)(C)C. The molecule has 0 radical (unpaired) electrons. The summed E-state index contributed by atoms with van der Waals surface area (Å²) in [5, 5.41) is 0. The number of hydrogen-bond acceptors (Lipinski definition) is 2. The van der Waals surface area contributed by atoms with Crippen molar-refractivity contribution in [3.63, 3.8) is 0 Å². The first kappa shape index (κ1) is 11.9. The molecule has 1 unspecified atom stereocenters. The molecule has 0 saturated carbocycles. The van der Waals surface area contributed by atoms with E-state index < -0.39 is 0 Å². The minimum Gasteiger partial charge on any atom is -0.324 e. The number of rotatable bonds is 1. The monoisotopic (exact) mass is 233 g/mol. The molecule has 0 spiro atoms. The predicted octanol–water partition coefficient (Wildman–Crippen LogP) is 2.21. The van der Waals surface area contributed by atoms with Gasteiger partial charge in [0.15, 0.2) is 0 Å². The first-order valence-electron chi connectivity index (χ1n) is 5.77. The fourth-order valence-electron chi connectivity index (χ4n) is 2.01. The van der Waals surface area contributed by atoms with E-state index in [0.717, 1.165) is 22.2 Å². The Balaban J connectivity index is 2.61. The molecule has 1 aromatic heterocycles. The van der Waals surface area contributed by atoms with Gasteiger partial charge in [-0.1, -0.05) is 20.8 Å². The maximum Gasteiger partial charge on any atom is 0.323 e. The van der Waals surface area contributed by atoms with Crippen molar-refractivity contribution < 1.29 is 0 Å². The van der Waals surface area contributed by atoms with Gasteiger partial charge in [0.25, 0.3) is 0 Å². The van der Waals surface area contributed by atoms with Crippen LogP contribution in [0.3, 0.4) is 0 Å². The van der Waals surface area contributed by atoms with Gasteiger partial charge in [0.05, 0.1) is 11.0 Å². The molecule has 0 bridgehead atoms. The number of nitrogens with one attached hydrogen (secondary N) is 2. The number of aromatic amines is 2. The fraction of sp³-hybridized carbons (Fsp3) is 0.462. The van der Waals surface area contributed by atoms with Crippen LogP contribution in [0.4, 0.5) is 0 Å². The van der Waals surface area contributed by atoms with E-state index in [-0.39, 0.29) is 17.1 Å². The van der Waals surface area contributed by atoms with Gasteiger partial charge in [0.1, 0.15) is 0 Å². The first-order valence-corrected chi connectivity index (χ1v) is 5.77. The molecule has 2 aromatic rings. The number of H-pyrrole nitrogens is 2. The second kappa shape index (κ2) is 3.74. The van der Waals surface area contributed by atoms with E-state index in [0.29, 0.717) is 0 Å². The molecular weight excluding hydrogens is 214 g/mol. The normalized spacial score (nSPS) is 14.2. The Morgan fingerprint density at radius 3 is 2.24 bits per heavy atom. The van der Waals surface area contributed by atoms with Gasteiger partial charge in [-0.25, -0.2) is 4.79 Å². The Labute approximate surface area is 100 Å². The van der Waals surface area contributed by atoms with E-state index in [2.05, 4.69) is 30.7 Å². The molecule has 0 fully saturated rings. The predicted molar refractivity (Wildman–Crippen MR) is 70.0 cm³/mol. The summed E-state index contributed by atoms with van der Waals surface area (Å²) >= 11 is 0. The van der Waals surface area contributed by atoms with Crippen LogP contribution in [0.5, 0.6) is 0 Å². The third kappa shape index (κ3) is 2.13. The van der Waals surface area contributed by atoms with Crippen LogP contribution in [0, 0.1) is 12.3 Å². The first-order chi connectivity index (χ1) is 7.79. The number of hydrogen-bond donors (Lipinski definition) is 3. The highest BCUT2D eigenvalue weighted by Crippen LogP contribution is 2.33. The lowest BCUT2D eigenvalue weighted by atomic mass is 9.81. The smallest absolute Gasteiger partial charge is 0.323 e. The number of aryl methyl sites for hydroxylation is 1. The van der Waals surface area contributed by atoms with Gasteiger partial charge in [0, 0.05) is 6.04 Å². The molecule has 0 aliphatic carbocycles. The average molecular weight is 233 g/mol. The third-order valence-corrected chi connectivity index (χ3v) is 3.17. The minimum atomic E-state index is -0.180. The Hall–Kier alpha value is -1.55. The third-order valence-electron chi connectivity index (χ3n) is 3.17. The van der Waals surface area contributed by atoms with E-state index in [1.54, 1.807) is 0 Å². The Kier molecular flexibility index (Phi) is 2.62. The average Bonchev–Trinajstić information content (AvgIpc) is 2.53. The summed E-state index contributed by atoms with van der Waals surface area (Å²) in [7, 11) is 0. The zero-order chi connectivity index (χ0) is 12.8. The van der Waals surface area contributed by atoms with Crippen LogP contribution in [0.2, 0.25) is 0 Å². The van der Waals surface area contributed by atoms with Gasteiger partial charge in [0.2, 0.25) is 0 Å². The van der Waals surface area contributed by atoms with Crippen molar-refractivity contribution in [2.45, 2.75) is 33.7 Å². The summed E-state index contributed by atoms with van der Waals surface area (Å²) in [5.74, 6) is 0. The fourth-order valence-corrected chi connectivity index (χ4v) is 2.01. The summed E-state index contributed by atoms with van der Waals surface area (Å²) in [5.41, 5.74) is 9.92. The molecule has 1 aromatic carbocycles. The largest absolute Gasteiger partial charge is 0.324 e. The van der Waals surface area contributed by atoms with Crippen LogP contribution in [-0.2, 0) is 0 Å². The quantitative estimate of drug-likeness (QED) is 0.706. The Morgan fingerprint density at radius 2 is 1.71 bits per heavy atom. The van der Waals surface area contributed by atoms with Crippen LogP contribution in [0.1, 0.15) is 37.9 Å². The number of fused-ring (bicyclic) bond motifs is 1. The van der Waals surface area contributed by atoms with E-state index in [1.807, 2.05) is 19.1 Å². The molecule has 17 heavy (non-hydrogen) atoms. The molecule has 1 atom stereocenters. The highest BCUT2D eigenvalue weighted by Gasteiger charge is 2.24. The molecule has 4 heteroatoms. The summed E-state index contributed by atoms with van der Waals surface area (Å²) in [6.07, 6.45) is 0. The second-order valence-electron chi connectivity index (χ2n) is 5.68. The molecule has 0 amide bonds. The van der Waals surface area contributed by atoms with Crippen molar-refractivity contribution >= 4 is 11.0 Å². The van der Waals surface area contributed by atoms with Crippen molar-refractivity contribution in [1.82, 2.24) is 9.97 Å². The van der Waals surface area contributed by atoms with Crippen LogP contribution < -0.4 is 11.4 Å². The Bertz CT molecular complexity index is 601. The highest BCUT2D eigenvalue weighted by atomic mass is 16.1. The highest BCUT2D eigenvalue weighted by molar-refractivity contribution is 5.76. The summed E-state index contributed by atoms with van der Waals surface area (Å²) < 4.78 is 0. The molecule has 4 nitrogen and oxygen atoms in total. The van der Waals surface area contributed by atoms with Gasteiger partial charge in [-0.15, -0.1) is 0 Å². The van der Waals surface area contributed by atoms with E-state index >= 15 is 0 Å². The van der Waals surface area contributed by atoms with Crippen molar-refractivity contribution in [2.75, 3.05) is 0 Å². The summed E-state index contributed by atoms with van der Waals surface area (Å²) in [6, 6.07) is 3.89. The van der Waals surface area contributed by atoms with Gasteiger partial charge < -0.3 is 15.7 Å². The number of benzene rings is 1. The lowest BCUT2D eigenvalue weighted by Crippen LogP contribution is -2.26. The maximum atomic E-state index is 11.2.